The number of ether oxygens (including phenoxy) is 1. The van der Waals surface area contributed by atoms with Crippen LogP contribution in [-0.2, 0) is 17.3 Å². The first-order valence-electron chi connectivity index (χ1n) is 6.53. The second-order valence-corrected chi connectivity index (χ2v) is 4.54. The summed E-state index contributed by atoms with van der Waals surface area (Å²) < 4.78 is 10.8. The van der Waals surface area contributed by atoms with Crippen LogP contribution in [0.4, 0.5) is 11.5 Å². The lowest BCUT2D eigenvalue weighted by Gasteiger charge is -2.11. The molecule has 1 N–H and O–H groups in total. The van der Waals surface area contributed by atoms with E-state index in [2.05, 4.69) is 19.9 Å². The summed E-state index contributed by atoms with van der Waals surface area (Å²) in [7, 11) is 0. The van der Waals surface area contributed by atoms with Crippen molar-refractivity contribution in [2.75, 3.05) is 6.61 Å². The first-order valence-corrected chi connectivity index (χ1v) is 7.07. The Hall–Kier alpha value is -2.52. The van der Waals surface area contributed by atoms with Gasteiger partial charge in [0.2, 0.25) is 17.5 Å². The first kappa shape index (κ1) is 16.8. The standard InChI is InChI=1S/C13H13ClN4O5/c1-2-22-7-18-11(20)3-8(5-14)12(13(18)21)16-15-10-4-9(6-19)23-17-10/h3-4,6,21H,2,5,7H2,1H3. The molecule has 122 valence electrons. The van der Waals surface area contributed by atoms with Crippen LogP contribution in [0.15, 0.2) is 31.7 Å². The van der Waals surface area contributed by atoms with Gasteiger partial charge in [0.15, 0.2) is 12.0 Å². The third-order valence-corrected chi connectivity index (χ3v) is 3.08. The number of hydrogen-bond donors (Lipinski definition) is 1. The minimum Gasteiger partial charge on any atom is -0.493 e. The molecule has 0 saturated heterocycles. The first-order chi connectivity index (χ1) is 11.1. The van der Waals surface area contributed by atoms with E-state index < -0.39 is 11.4 Å². The Balaban J connectivity index is 2.42. The average molecular weight is 341 g/mol. The van der Waals surface area contributed by atoms with Crippen molar-refractivity contribution < 1.29 is 19.2 Å². The third-order valence-electron chi connectivity index (χ3n) is 2.79. The zero-order valence-electron chi connectivity index (χ0n) is 12.1. The number of halogens is 1. The Morgan fingerprint density at radius 3 is 2.87 bits per heavy atom. The van der Waals surface area contributed by atoms with Gasteiger partial charge in [-0.3, -0.25) is 14.2 Å². The normalized spacial score (nSPS) is 11.2. The number of pyridine rings is 1. The number of aldehydes is 1. The summed E-state index contributed by atoms with van der Waals surface area (Å²) in [6.07, 6.45) is 0.468. The van der Waals surface area contributed by atoms with Gasteiger partial charge in [0.05, 0.1) is 0 Å². The lowest BCUT2D eigenvalue weighted by molar-refractivity contribution is 0.0796. The van der Waals surface area contributed by atoms with E-state index in [1.165, 1.54) is 12.1 Å². The Morgan fingerprint density at radius 2 is 2.26 bits per heavy atom. The van der Waals surface area contributed by atoms with Crippen LogP contribution < -0.4 is 5.56 Å². The van der Waals surface area contributed by atoms with E-state index in [0.717, 1.165) is 4.57 Å². The molecule has 0 aliphatic heterocycles. The lowest BCUT2D eigenvalue weighted by atomic mass is 10.2. The van der Waals surface area contributed by atoms with E-state index in [9.17, 15) is 14.7 Å². The summed E-state index contributed by atoms with van der Waals surface area (Å²) in [5, 5.41) is 21.3. The summed E-state index contributed by atoms with van der Waals surface area (Å²) in [5.74, 6) is -0.452. The van der Waals surface area contributed by atoms with Crippen molar-refractivity contribution in [1.29, 1.82) is 0 Å². The molecular weight excluding hydrogens is 328 g/mol. The van der Waals surface area contributed by atoms with Crippen LogP contribution in [0.25, 0.3) is 0 Å². The summed E-state index contributed by atoms with van der Waals surface area (Å²) in [6.45, 7) is 1.99. The number of carbonyl (C=O) groups excluding carboxylic acids is 1. The highest BCUT2D eigenvalue weighted by Gasteiger charge is 2.15. The van der Waals surface area contributed by atoms with E-state index in [1.54, 1.807) is 6.92 Å². The maximum atomic E-state index is 11.9. The molecule has 2 aromatic rings. The molecule has 2 aromatic heterocycles. The van der Waals surface area contributed by atoms with Gasteiger partial charge in [0, 0.05) is 30.2 Å². The van der Waals surface area contributed by atoms with Crippen molar-refractivity contribution in [3.63, 3.8) is 0 Å². The van der Waals surface area contributed by atoms with Gasteiger partial charge in [-0.15, -0.1) is 21.8 Å². The van der Waals surface area contributed by atoms with E-state index in [4.69, 9.17) is 16.3 Å². The zero-order valence-corrected chi connectivity index (χ0v) is 12.9. The van der Waals surface area contributed by atoms with Crippen LogP contribution >= 0.6 is 11.6 Å². The maximum absolute atomic E-state index is 11.9. The van der Waals surface area contributed by atoms with Crippen LogP contribution in [0.1, 0.15) is 23.0 Å². The van der Waals surface area contributed by atoms with Gasteiger partial charge in [-0.25, -0.2) is 0 Å². The summed E-state index contributed by atoms with van der Waals surface area (Å²) >= 11 is 5.77. The van der Waals surface area contributed by atoms with Crippen LogP contribution in [0.2, 0.25) is 0 Å². The maximum Gasteiger partial charge on any atom is 0.255 e. The SMILES string of the molecule is CCOCn1c(O)c(N=Nc2cc(C=O)on2)c(CCl)cc1=O. The number of nitrogens with zero attached hydrogens (tertiary/aromatic N) is 4. The predicted molar refractivity (Wildman–Crippen MR) is 79.6 cm³/mol. The number of alkyl halides is 1. The molecule has 2 rings (SSSR count). The van der Waals surface area contributed by atoms with Gasteiger partial charge in [-0.05, 0) is 6.92 Å². The largest absolute Gasteiger partial charge is 0.493 e. The Labute approximate surface area is 135 Å². The molecule has 0 aliphatic rings. The van der Waals surface area contributed by atoms with Crippen molar-refractivity contribution in [3.8, 4) is 5.88 Å². The van der Waals surface area contributed by atoms with E-state index >= 15 is 0 Å². The molecule has 0 aromatic carbocycles. The summed E-state index contributed by atoms with van der Waals surface area (Å²) in [4.78, 5) is 22.4. The highest BCUT2D eigenvalue weighted by atomic mass is 35.5. The molecule has 0 amide bonds. The zero-order chi connectivity index (χ0) is 16.8. The summed E-state index contributed by atoms with van der Waals surface area (Å²) in [5.41, 5.74) is -0.171. The second kappa shape index (κ2) is 7.65. The molecule has 0 saturated carbocycles. The van der Waals surface area contributed by atoms with Gasteiger partial charge in [0.1, 0.15) is 6.73 Å². The van der Waals surface area contributed by atoms with Crippen molar-refractivity contribution in [2.45, 2.75) is 19.5 Å². The Bertz CT molecular complexity index is 783. The molecule has 23 heavy (non-hydrogen) atoms. The number of carbonyl (C=O) groups is 1. The highest BCUT2D eigenvalue weighted by Crippen LogP contribution is 2.31. The van der Waals surface area contributed by atoms with E-state index in [1.807, 2.05) is 0 Å². The smallest absolute Gasteiger partial charge is 0.255 e. The Morgan fingerprint density at radius 1 is 1.48 bits per heavy atom. The molecule has 2 heterocycles. The number of hydrogen-bond acceptors (Lipinski definition) is 8. The molecule has 0 spiro atoms. The quantitative estimate of drug-likeness (QED) is 0.469. The van der Waals surface area contributed by atoms with Crippen LogP contribution in [-0.4, -0.2) is 27.7 Å². The third kappa shape index (κ3) is 3.82. The molecule has 0 bridgehead atoms. The van der Waals surface area contributed by atoms with Gasteiger partial charge in [0.25, 0.3) is 5.56 Å². The van der Waals surface area contributed by atoms with Gasteiger partial charge in [-0.1, -0.05) is 5.16 Å². The molecule has 0 unspecified atom stereocenters. The Kier molecular flexibility index (Phi) is 5.61. The lowest BCUT2D eigenvalue weighted by Crippen LogP contribution is -2.21. The number of aromatic nitrogens is 2. The topological polar surface area (TPSA) is 119 Å². The number of azo groups is 1. The van der Waals surface area contributed by atoms with Crippen molar-refractivity contribution in [3.05, 3.63) is 33.8 Å². The summed E-state index contributed by atoms with van der Waals surface area (Å²) in [6, 6.07) is 2.50. The minimum absolute atomic E-state index is 0.00922. The number of rotatable bonds is 7. The number of aromatic hydroxyl groups is 1. The molecule has 0 aliphatic carbocycles. The van der Waals surface area contributed by atoms with Gasteiger partial charge >= 0.3 is 0 Å². The molecular formula is C13H13ClN4O5. The van der Waals surface area contributed by atoms with E-state index in [0.29, 0.717) is 18.5 Å². The van der Waals surface area contributed by atoms with Crippen LogP contribution in [0.3, 0.4) is 0 Å². The van der Waals surface area contributed by atoms with Gasteiger partial charge in [-0.2, -0.15) is 0 Å². The van der Waals surface area contributed by atoms with Crippen molar-refractivity contribution in [1.82, 2.24) is 9.72 Å². The molecule has 10 heteroatoms. The molecule has 9 nitrogen and oxygen atoms in total. The average Bonchev–Trinajstić information content (AvgIpc) is 3.01. The van der Waals surface area contributed by atoms with Gasteiger partial charge < -0.3 is 14.4 Å². The van der Waals surface area contributed by atoms with Crippen molar-refractivity contribution >= 4 is 29.4 Å². The molecule has 0 atom stereocenters. The fraction of sp³-hybridized carbons (Fsp3) is 0.308. The van der Waals surface area contributed by atoms with E-state index in [-0.39, 0.29) is 29.9 Å². The fourth-order valence-corrected chi connectivity index (χ4v) is 1.88. The second-order valence-electron chi connectivity index (χ2n) is 4.27. The molecule has 0 radical (unpaired) electrons. The monoisotopic (exact) mass is 340 g/mol. The molecule has 0 fully saturated rings. The minimum atomic E-state index is -0.477. The highest BCUT2D eigenvalue weighted by molar-refractivity contribution is 6.17. The van der Waals surface area contributed by atoms with Crippen molar-refractivity contribution in [2.24, 2.45) is 10.2 Å². The fourth-order valence-electron chi connectivity index (χ4n) is 1.67. The predicted octanol–water partition coefficient (Wildman–Crippen LogP) is 2.50. The van der Waals surface area contributed by atoms with Crippen LogP contribution in [0, 0.1) is 0 Å². The van der Waals surface area contributed by atoms with Crippen LogP contribution in [0.5, 0.6) is 5.88 Å².